The minimum atomic E-state index is -2.53. The van der Waals surface area contributed by atoms with Crippen LogP contribution in [0, 0.1) is 0 Å². The predicted octanol–water partition coefficient (Wildman–Crippen LogP) is 3.53. The van der Waals surface area contributed by atoms with Crippen molar-refractivity contribution in [3.8, 4) is 0 Å². The fourth-order valence-corrected chi connectivity index (χ4v) is 3.56. The maximum atomic E-state index is 12.9. The molecule has 1 fully saturated rings. The molecule has 24 heavy (non-hydrogen) atoms. The summed E-state index contributed by atoms with van der Waals surface area (Å²) in [5.74, 6) is 0.911. The number of likely N-dealkylation sites (tertiary alicyclic amines) is 1. The fraction of sp³-hybridized carbons (Fsp3) is 0.412. The number of halogens is 2. The molecule has 0 aromatic carbocycles. The first kappa shape index (κ1) is 15.3. The average Bonchev–Trinajstić information content (AvgIpc) is 3.22. The molecule has 1 aliphatic heterocycles. The van der Waals surface area contributed by atoms with Crippen LogP contribution in [-0.2, 0) is 6.54 Å². The summed E-state index contributed by atoms with van der Waals surface area (Å²) in [4.78, 5) is 13.8. The number of nitrogens with one attached hydrogen (secondary N) is 1. The molecule has 1 saturated heterocycles. The van der Waals surface area contributed by atoms with Crippen molar-refractivity contribution in [3.05, 3.63) is 48.3 Å². The molecule has 0 unspecified atom stereocenters. The van der Waals surface area contributed by atoms with E-state index in [1.807, 2.05) is 6.07 Å². The van der Waals surface area contributed by atoms with Gasteiger partial charge in [-0.25, -0.2) is 9.97 Å². The number of aromatic amines is 1. The van der Waals surface area contributed by atoms with E-state index in [9.17, 15) is 8.78 Å². The minimum absolute atomic E-state index is 0.430. The Hall–Kier alpha value is -2.28. The van der Waals surface area contributed by atoms with E-state index in [1.54, 1.807) is 6.20 Å². The lowest BCUT2D eigenvalue weighted by Crippen LogP contribution is -2.33. The highest BCUT2D eigenvalue weighted by molar-refractivity contribution is 5.80. The molecule has 7 heteroatoms. The molecule has 3 aromatic rings. The number of alkyl halides is 2. The number of rotatable bonds is 4. The Kier molecular flexibility index (Phi) is 4.02. The largest absolute Gasteiger partial charge is 0.346 e. The zero-order chi connectivity index (χ0) is 16.5. The molecule has 126 valence electrons. The molecule has 0 aliphatic carbocycles. The van der Waals surface area contributed by atoms with Crippen LogP contribution in [0.25, 0.3) is 11.0 Å². The fourth-order valence-electron chi connectivity index (χ4n) is 3.56. The molecule has 0 spiro atoms. The summed E-state index contributed by atoms with van der Waals surface area (Å²) in [6, 6.07) is 4.05. The Morgan fingerprint density at radius 2 is 2.04 bits per heavy atom. The van der Waals surface area contributed by atoms with E-state index in [-0.39, 0.29) is 0 Å². The number of aromatic nitrogens is 4. The molecule has 0 saturated carbocycles. The van der Waals surface area contributed by atoms with Gasteiger partial charge < -0.3 is 4.98 Å². The zero-order valence-corrected chi connectivity index (χ0v) is 13.2. The number of hydrogen-bond acceptors (Lipinski definition) is 3. The maximum Gasteiger partial charge on any atom is 0.319 e. The topological polar surface area (TPSA) is 49.7 Å². The quantitative estimate of drug-likeness (QED) is 0.795. The van der Waals surface area contributed by atoms with Crippen LogP contribution < -0.4 is 0 Å². The Morgan fingerprint density at radius 1 is 1.21 bits per heavy atom. The highest BCUT2D eigenvalue weighted by atomic mass is 19.3. The average molecular weight is 331 g/mol. The highest BCUT2D eigenvalue weighted by Crippen LogP contribution is 2.32. The van der Waals surface area contributed by atoms with Crippen LogP contribution in [0.4, 0.5) is 8.78 Å². The third kappa shape index (κ3) is 2.80. The first-order valence-electron chi connectivity index (χ1n) is 8.16. The Labute approximate surface area is 138 Å². The Bertz CT molecular complexity index is 817. The monoisotopic (exact) mass is 331 g/mol. The molecular weight excluding hydrogens is 312 g/mol. The first-order valence-corrected chi connectivity index (χ1v) is 8.16. The van der Waals surface area contributed by atoms with Crippen molar-refractivity contribution in [2.45, 2.75) is 31.9 Å². The van der Waals surface area contributed by atoms with E-state index in [2.05, 4.69) is 32.1 Å². The van der Waals surface area contributed by atoms with E-state index in [1.165, 1.54) is 23.3 Å². The van der Waals surface area contributed by atoms with Crippen LogP contribution in [-0.4, -0.2) is 37.5 Å². The molecule has 5 nitrogen and oxygen atoms in total. The van der Waals surface area contributed by atoms with Gasteiger partial charge >= 0.3 is 6.55 Å². The standard InChI is InChI=1S/C17H19F2N5/c18-17(19)24-9-6-20-15(24)11-23-7-3-12(4-8-23)14-10-22-16-13(14)2-1-5-21-16/h1-2,5-6,9-10,12,17H,3-4,7-8,11H2,(H,21,22). The normalized spacial score (nSPS) is 17.1. The number of hydrogen-bond donors (Lipinski definition) is 1. The van der Waals surface area contributed by atoms with Gasteiger partial charge in [0.2, 0.25) is 0 Å². The number of H-pyrrole nitrogens is 1. The molecule has 4 rings (SSSR count). The molecule has 1 N–H and O–H groups in total. The number of piperidine rings is 1. The molecule has 0 bridgehead atoms. The van der Waals surface area contributed by atoms with Crippen molar-refractivity contribution in [1.29, 1.82) is 0 Å². The van der Waals surface area contributed by atoms with Crippen molar-refractivity contribution in [1.82, 2.24) is 24.4 Å². The number of fused-ring (bicyclic) bond motifs is 1. The Balaban J connectivity index is 1.42. The number of imidazole rings is 1. The molecule has 0 amide bonds. The first-order chi connectivity index (χ1) is 11.7. The summed E-state index contributed by atoms with van der Waals surface area (Å²) in [6.45, 7) is -0.292. The smallest absolute Gasteiger partial charge is 0.319 e. The van der Waals surface area contributed by atoms with Crippen LogP contribution >= 0.6 is 0 Å². The lowest BCUT2D eigenvalue weighted by atomic mass is 9.89. The second-order valence-corrected chi connectivity index (χ2v) is 6.22. The van der Waals surface area contributed by atoms with Gasteiger partial charge in [-0.2, -0.15) is 8.78 Å². The second-order valence-electron chi connectivity index (χ2n) is 6.22. The summed E-state index contributed by atoms with van der Waals surface area (Å²) >= 11 is 0. The highest BCUT2D eigenvalue weighted by Gasteiger charge is 2.24. The number of nitrogens with zero attached hydrogens (tertiary/aromatic N) is 4. The van der Waals surface area contributed by atoms with E-state index < -0.39 is 6.55 Å². The molecule has 1 aliphatic rings. The van der Waals surface area contributed by atoms with Crippen molar-refractivity contribution >= 4 is 11.0 Å². The lowest BCUT2D eigenvalue weighted by molar-refractivity contribution is 0.0629. The number of pyridine rings is 1. The van der Waals surface area contributed by atoms with Crippen molar-refractivity contribution < 1.29 is 8.78 Å². The van der Waals surface area contributed by atoms with Crippen molar-refractivity contribution in [2.75, 3.05) is 13.1 Å². The molecule has 0 atom stereocenters. The van der Waals surface area contributed by atoms with E-state index in [0.717, 1.165) is 36.1 Å². The van der Waals surface area contributed by atoms with Gasteiger partial charge in [-0.3, -0.25) is 9.47 Å². The van der Waals surface area contributed by atoms with Crippen molar-refractivity contribution in [3.63, 3.8) is 0 Å². The second kappa shape index (κ2) is 6.32. The van der Waals surface area contributed by atoms with Gasteiger partial charge in [0.15, 0.2) is 0 Å². The van der Waals surface area contributed by atoms with Gasteiger partial charge in [-0.15, -0.1) is 0 Å². The summed E-state index contributed by atoms with van der Waals surface area (Å²) in [5, 5.41) is 1.18. The van der Waals surface area contributed by atoms with E-state index in [0.29, 0.717) is 18.3 Å². The predicted molar refractivity (Wildman–Crippen MR) is 86.8 cm³/mol. The third-order valence-corrected chi connectivity index (χ3v) is 4.83. The molecule has 0 radical (unpaired) electrons. The van der Waals surface area contributed by atoms with Gasteiger partial charge in [0.05, 0.1) is 6.54 Å². The zero-order valence-electron chi connectivity index (χ0n) is 13.2. The van der Waals surface area contributed by atoms with Crippen molar-refractivity contribution in [2.24, 2.45) is 0 Å². The van der Waals surface area contributed by atoms with Crippen LogP contribution in [0.15, 0.2) is 36.9 Å². The summed E-state index contributed by atoms with van der Waals surface area (Å²) in [7, 11) is 0. The van der Waals surface area contributed by atoms with Crippen LogP contribution in [0.1, 0.15) is 36.7 Å². The molecule has 3 aromatic heterocycles. The summed E-state index contributed by atoms with van der Waals surface area (Å²) in [5.41, 5.74) is 2.24. The van der Waals surface area contributed by atoms with Crippen LogP contribution in [0.3, 0.4) is 0 Å². The van der Waals surface area contributed by atoms with E-state index in [4.69, 9.17) is 0 Å². The van der Waals surface area contributed by atoms with Gasteiger partial charge in [-0.05, 0) is 49.5 Å². The van der Waals surface area contributed by atoms with E-state index >= 15 is 0 Å². The van der Waals surface area contributed by atoms with Gasteiger partial charge in [-0.1, -0.05) is 0 Å². The van der Waals surface area contributed by atoms with Gasteiger partial charge in [0.1, 0.15) is 11.5 Å². The van der Waals surface area contributed by atoms with Gasteiger partial charge in [0.25, 0.3) is 0 Å². The lowest BCUT2D eigenvalue weighted by Gasteiger charge is -2.31. The minimum Gasteiger partial charge on any atom is -0.346 e. The Morgan fingerprint density at radius 3 is 2.83 bits per heavy atom. The molecular formula is C17H19F2N5. The summed E-state index contributed by atoms with van der Waals surface area (Å²) in [6.07, 6.45) is 8.64. The SMILES string of the molecule is FC(F)n1ccnc1CN1CCC(c2c[nH]c3ncccc23)CC1. The molecule has 4 heterocycles. The van der Waals surface area contributed by atoms with Crippen LogP contribution in [0.5, 0.6) is 0 Å². The van der Waals surface area contributed by atoms with Crippen LogP contribution in [0.2, 0.25) is 0 Å². The summed E-state index contributed by atoms with van der Waals surface area (Å²) < 4.78 is 26.8. The maximum absolute atomic E-state index is 12.9. The van der Waals surface area contributed by atoms with Gasteiger partial charge in [0, 0.05) is 30.2 Å². The third-order valence-electron chi connectivity index (χ3n) is 4.83.